The predicted molar refractivity (Wildman–Crippen MR) is 107 cm³/mol. The van der Waals surface area contributed by atoms with Crippen LogP contribution in [0.1, 0.15) is 12.5 Å². The minimum absolute atomic E-state index is 0.186. The van der Waals surface area contributed by atoms with Gasteiger partial charge in [-0.15, -0.1) is 5.37 Å². The number of thiocarbonyl (C=S) groups is 1. The van der Waals surface area contributed by atoms with Crippen LogP contribution >= 0.6 is 12.2 Å². The number of hydrogen-bond donors (Lipinski definition) is 2. The first-order chi connectivity index (χ1) is 12.3. The first-order valence-electron chi connectivity index (χ1n) is 7.41. The molecule has 0 radical (unpaired) electrons. The van der Waals surface area contributed by atoms with Crippen LogP contribution in [0.2, 0.25) is 0 Å². The van der Waals surface area contributed by atoms with E-state index < -0.39 is 22.6 Å². The van der Waals surface area contributed by atoms with Crippen molar-refractivity contribution in [2.45, 2.75) is 6.92 Å². The van der Waals surface area contributed by atoms with Gasteiger partial charge in [0.05, 0.1) is 14.2 Å². The van der Waals surface area contributed by atoms with E-state index in [0.717, 1.165) is 10.4 Å². The summed E-state index contributed by atoms with van der Waals surface area (Å²) < 4.78 is 16.3. The quantitative estimate of drug-likeness (QED) is 0.406. The molecule has 1 aliphatic rings. The number of carbonyl (C=O) groups excluding carboxylic acids is 1. The SMILES string of the molecule is COc1cc(C=CC(C)=[S-]2=CC(=O)NC2=S)cc(OC)c1OCC(=O)O. The summed E-state index contributed by atoms with van der Waals surface area (Å²) in [5, 5.41) is 12.9. The maximum Gasteiger partial charge on any atom is 0.341 e. The minimum Gasteiger partial charge on any atom is -0.493 e. The lowest BCUT2D eigenvalue weighted by atomic mass is 10.1. The van der Waals surface area contributed by atoms with E-state index in [1.165, 1.54) is 14.2 Å². The molecule has 0 saturated carbocycles. The van der Waals surface area contributed by atoms with Gasteiger partial charge in [-0.1, -0.05) is 31.3 Å². The van der Waals surface area contributed by atoms with Crippen molar-refractivity contribution in [2.75, 3.05) is 20.8 Å². The van der Waals surface area contributed by atoms with Crippen LogP contribution in [0, 0.1) is 0 Å². The van der Waals surface area contributed by atoms with Gasteiger partial charge in [-0.05, 0) is 22.0 Å². The van der Waals surface area contributed by atoms with Gasteiger partial charge in [0, 0.05) is 0 Å². The van der Waals surface area contributed by atoms with E-state index in [4.69, 9.17) is 31.5 Å². The van der Waals surface area contributed by atoms with Crippen LogP contribution in [0.3, 0.4) is 0 Å². The summed E-state index contributed by atoms with van der Waals surface area (Å²) in [4.78, 5) is 23.0. The molecule has 0 bridgehead atoms. The monoisotopic (exact) mass is 396 g/mol. The highest BCUT2D eigenvalue weighted by Gasteiger charge is 2.14. The summed E-state index contributed by atoms with van der Waals surface area (Å²) in [5.74, 6) is -0.363. The summed E-state index contributed by atoms with van der Waals surface area (Å²) in [7, 11) is 2.39. The second-order valence-electron chi connectivity index (χ2n) is 5.11. The van der Waals surface area contributed by atoms with Gasteiger partial charge in [0.1, 0.15) is 0 Å². The van der Waals surface area contributed by atoms with Gasteiger partial charge < -0.3 is 34.7 Å². The maximum atomic E-state index is 11.4. The zero-order chi connectivity index (χ0) is 19.3. The van der Waals surface area contributed by atoms with Crippen LogP contribution in [-0.4, -0.2) is 52.4 Å². The molecule has 1 aromatic carbocycles. The summed E-state index contributed by atoms with van der Waals surface area (Å²) in [6, 6.07) is 3.40. The van der Waals surface area contributed by atoms with E-state index >= 15 is 0 Å². The summed E-state index contributed by atoms with van der Waals surface area (Å²) in [6.07, 6.45) is 3.69. The second kappa shape index (κ2) is 8.72. The summed E-state index contributed by atoms with van der Waals surface area (Å²) in [5.41, 5.74) is 0.758. The van der Waals surface area contributed by atoms with E-state index in [-0.39, 0.29) is 11.7 Å². The number of rotatable bonds is 7. The number of carboxylic acids is 1. The van der Waals surface area contributed by atoms with E-state index in [0.29, 0.717) is 15.8 Å². The number of hydrogen-bond acceptors (Lipinski definition) is 7. The predicted octanol–water partition coefficient (Wildman–Crippen LogP) is 1.21. The first kappa shape index (κ1) is 19.8. The molecule has 7 nitrogen and oxygen atoms in total. The first-order valence-corrected chi connectivity index (χ1v) is 9.10. The van der Waals surface area contributed by atoms with Crippen molar-refractivity contribution in [2.24, 2.45) is 0 Å². The third-order valence-corrected chi connectivity index (χ3v) is 5.75. The lowest BCUT2D eigenvalue weighted by Crippen LogP contribution is -2.21. The Hall–Kier alpha value is -2.52. The molecular weight excluding hydrogens is 378 g/mol. The summed E-state index contributed by atoms with van der Waals surface area (Å²) in [6.45, 7) is 1.38. The molecule has 0 atom stereocenters. The molecular formula is C17H18NO6S2-. The molecule has 0 spiro atoms. The third kappa shape index (κ3) is 4.77. The lowest BCUT2D eigenvalue weighted by Gasteiger charge is -2.14. The van der Waals surface area contributed by atoms with Crippen LogP contribution in [0.5, 0.6) is 17.2 Å². The van der Waals surface area contributed by atoms with Crippen molar-refractivity contribution in [3.05, 3.63) is 23.8 Å². The van der Waals surface area contributed by atoms with Gasteiger partial charge in [0.25, 0.3) is 0 Å². The molecule has 2 N–H and O–H groups in total. The topological polar surface area (TPSA) is 94.1 Å². The molecule has 2 rings (SSSR count). The number of carbonyl (C=O) groups is 2. The van der Waals surface area contributed by atoms with Crippen molar-refractivity contribution in [3.8, 4) is 17.2 Å². The average molecular weight is 396 g/mol. The Morgan fingerprint density at radius 2 is 1.92 bits per heavy atom. The molecule has 0 aliphatic carbocycles. The molecule has 1 heterocycles. The van der Waals surface area contributed by atoms with E-state index in [1.54, 1.807) is 17.5 Å². The van der Waals surface area contributed by atoms with Crippen molar-refractivity contribution in [1.29, 1.82) is 0 Å². The van der Waals surface area contributed by atoms with Gasteiger partial charge in [-0.3, -0.25) is 4.79 Å². The van der Waals surface area contributed by atoms with Gasteiger partial charge in [-0.25, -0.2) is 4.79 Å². The molecule has 0 saturated heterocycles. The summed E-state index contributed by atoms with van der Waals surface area (Å²) >= 11 is 5.16. The van der Waals surface area contributed by atoms with Crippen molar-refractivity contribution in [1.82, 2.24) is 5.32 Å². The smallest absolute Gasteiger partial charge is 0.341 e. The number of allylic oxidation sites excluding steroid dienone is 1. The molecule has 1 amide bonds. The van der Waals surface area contributed by atoms with Crippen LogP contribution < -0.4 is 19.5 Å². The fourth-order valence-corrected chi connectivity index (χ4v) is 4.07. The minimum atomic E-state index is -1.10. The Labute approximate surface area is 158 Å². The Kier molecular flexibility index (Phi) is 6.64. The molecule has 0 aromatic heterocycles. The average Bonchev–Trinajstić information content (AvgIpc) is 2.95. The maximum absolute atomic E-state index is 11.4. The number of ether oxygens (including phenoxy) is 3. The zero-order valence-electron chi connectivity index (χ0n) is 14.4. The number of amides is 1. The third-order valence-electron chi connectivity index (χ3n) is 3.33. The highest BCUT2D eigenvalue weighted by Crippen LogP contribution is 2.38. The Bertz CT molecular complexity index is 856. The van der Waals surface area contributed by atoms with E-state index in [9.17, 15) is 9.59 Å². The fraction of sp³-hybridized carbons (Fsp3) is 0.235. The van der Waals surface area contributed by atoms with Crippen molar-refractivity contribution < 1.29 is 28.9 Å². The number of aliphatic carboxylic acids is 1. The number of carboxylic acid groups (broad SMARTS) is 1. The van der Waals surface area contributed by atoms with Crippen LogP contribution in [0.4, 0.5) is 0 Å². The number of nitrogens with one attached hydrogen (secondary N) is 1. The Morgan fingerprint density at radius 3 is 2.38 bits per heavy atom. The van der Waals surface area contributed by atoms with Crippen molar-refractivity contribution >= 4 is 54.8 Å². The molecule has 1 aromatic rings. The fourth-order valence-electron chi connectivity index (χ4n) is 2.14. The Balaban J connectivity index is 2.37. The van der Waals surface area contributed by atoms with Crippen molar-refractivity contribution in [3.63, 3.8) is 0 Å². The zero-order valence-corrected chi connectivity index (χ0v) is 16.0. The highest BCUT2D eigenvalue weighted by atomic mass is 32.2. The van der Waals surface area contributed by atoms with Gasteiger partial charge in [0.15, 0.2) is 18.1 Å². The van der Waals surface area contributed by atoms with Gasteiger partial charge >= 0.3 is 5.97 Å². The largest absolute Gasteiger partial charge is 0.493 e. The van der Waals surface area contributed by atoms with E-state index in [1.807, 2.05) is 19.1 Å². The molecule has 140 valence electrons. The normalized spacial score (nSPS) is 16.9. The highest BCUT2D eigenvalue weighted by molar-refractivity contribution is 8.19. The van der Waals surface area contributed by atoms with Gasteiger partial charge in [0.2, 0.25) is 11.7 Å². The number of methoxy groups -OCH3 is 2. The van der Waals surface area contributed by atoms with Gasteiger partial charge in [-0.2, -0.15) is 4.86 Å². The van der Waals surface area contributed by atoms with Crippen LogP contribution in [-0.2, 0) is 19.7 Å². The molecule has 0 unspecified atom stereocenters. The standard InChI is InChI=1S/C17H18NO6S2/c1-10(26-9-14(19)18-17(26)25)4-5-11-6-12(22-2)16(13(7-11)23-3)24-8-15(20)21/h4-7,9H,8H2,1-3H3,(H,20,21)(H,18,19,25)/q-1. The Morgan fingerprint density at radius 1 is 1.31 bits per heavy atom. The number of benzene rings is 1. The molecule has 1 aliphatic heterocycles. The second-order valence-corrected chi connectivity index (χ2v) is 7.74. The molecule has 9 heteroatoms. The van der Waals surface area contributed by atoms with E-state index in [2.05, 4.69) is 5.32 Å². The van der Waals surface area contributed by atoms with Crippen LogP contribution in [0.15, 0.2) is 18.2 Å². The molecule has 0 fully saturated rings. The van der Waals surface area contributed by atoms with Crippen LogP contribution in [0.25, 0.3) is 6.08 Å². The lowest BCUT2D eigenvalue weighted by molar-refractivity contribution is -0.139. The molecule has 26 heavy (non-hydrogen) atoms.